The number of urea groups is 1. The molecule has 2 atom stereocenters. The van der Waals surface area contributed by atoms with E-state index in [2.05, 4.69) is 5.32 Å². The molecule has 0 saturated carbocycles. The number of hydrogen-bond donors (Lipinski definition) is 2. The van der Waals surface area contributed by atoms with Gasteiger partial charge in [0.2, 0.25) is 0 Å². The number of carbonyl (C=O) groups is 1. The predicted molar refractivity (Wildman–Crippen MR) is 82.7 cm³/mol. The number of likely N-dealkylation sites (tertiary alicyclic amines) is 1. The van der Waals surface area contributed by atoms with Crippen LogP contribution in [0.15, 0.2) is 24.3 Å². The SMILES string of the molecule is COc1ccc(NC(=O)N2CCCCC2CC(C)O)cc1. The molecule has 1 fully saturated rings. The van der Waals surface area contributed by atoms with Crippen molar-refractivity contribution in [2.75, 3.05) is 19.0 Å². The zero-order valence-electron chi connectivity index (χ0n) is 12.7. The Hall–Kier alpha value is -1.75. The highest BCUT2D eigenvalue weighted by molar-refractivity contribution is 5.89. The van der Waals surface area contributed by atoms with Gasteiger partial charge in [0.25, 0.3) is 0 Å². The fourth-order valence-electron chi connectivity index (χ4n) is 2.78. The van der Waals surface area contributed by atoms with Gasteiger partial charge < -0.3 is 20.1 Å². The van der Waals surface area contributed by atoms with Gasteiger partial charge >= 0.3 is 6.03 Å². The summed E-state index contributed by atoms with van der Waals surface area (Å²) in [6, 6.07) is 7.31. The fraction of sp³-hybridized carbons (Fsp3) is 0.562. The van der Waals surface area contributed by atoms with Crippen molar-refractivity contribution < 1.29 is 14.6 Å². The summed E-state index contributed by atoms with van der Waals surface area (Å²) in [7, 11) is 1.61. The van der Waals surface area contributed by atoms with Crippen molar-refractivity contribution in [2.45, 2.75) is 44.8 Å². The molecule has 1 saturated heterocycles. The molecule has 2 rings (SSSR count). The van der Waals surface area contributed by atoms with Crippen LogP contribution < -0.4 is 10.1 Å². The minimum atomic E-state index is -0.385. The molecule has 2 N–H and O–H groups in total. The Morgan fingerprint density at radius 3 is 2.76 bits per heavy atom. The van der Waals surface area contributed by atoms with Crippen LogP contribution in [-0.2, 0) is 0 Å². The highest BCUT2D eigenvalue weighted by Gasteiger charge is 2.27. The topological polar surface area (TPSA) is 61.8 Å². The lowest BCUT2D eigenvalue weighted by Crippen LogP contribution is -2.47. The molecule has 116 valence electrons. The van der Waals surface area contributed by atoms with Gasteiger partial charge in [-0.1, -0.05) is 0 Å². The summed E-state index contributed by atoms with van der Waals surface area (Å²) < 4.78 is 5.10. The van der Waals surface area contributed by atoms with E-state index in [9.17, 15) is 9.90 Å². The van der Waals surface area contributed by atoms with E-state index in [0.29, 0.717) is 6.42 Å². The van der Waals surface area contributed by atoms with Crippen LogP contribution in [0.5, 0.6) is 5.75 Å². The van der Waals surface area contributed by atoms with Crippen LogP contribution in [0.2, 0.25) is 0 Å². The summed E-state index contributed by atoms with van der Waals surface area (Å²) in [6.07, 6.45) is 3.34. The van der Waals surface area contributed by atoms with Crippen molar-refractivity contribution in [3.8, 4) is 5.75 Å². The van der Waals surface area contributed by atoms with Crippen LogP contribution in [0.3, 0.4) is 0 Å². The Bertz CT molecular complexity index is 459. The van der Waals surface area contributed by atoms with E-state index in [1.807, 2.05) is 29.2 Å². The second-order valence-corrected chi connectivity index (χ2v) is 5.59. The third kappa shape index (κ3) is 4.36. The zero-order chi connectivity index (χ0) is 15.2. The Morgan fingerprint density at radius 1 is 1.43 bits per heavy atom. The number of aliphatic hydroxyl groups is 1. The Morgan fingerprint density at radius 2 is 2.14 bits per heavy atom. The number of ether oxygens (including phenoxy) is 1. The van der Waals surface area contributed by atoms with Gasteiger partial charge in [-0.25, -0.2) is 4.79 Å². The quantitative estimate of drug-likeness (QED) is 0.897. The number of rotatable bonds is 4. The fourth-order valence-corrected chi connectivity index (χ4v) is 2.78. The van der Waals surface area contributed by atoms with E-state index >= 15 is 0 Å². The van der Waals surface area contributed by atoms with Gasteiger partial charge in [-0.2, -0.15) is 0 Å². The van der Waals surface area contributed by atoms with Crippen LogP contribution in [0.1, 0.15) is 32.6 Å². The number of aliphatic hydroxyl groups excluding tert-OH is 1. The number of nitrogens with one attached hydrogen (secondary N) is 1. The number of methoxy groups -OCH3 is 1. The highest BCUT2D eigenvalue weighted by atomic mass is 16.5. The molecule has 1 aliphatic heterocycles. The second kappa shape index (κ2) is 7.31. The molecule has 0 radical (unpaired) electrons. The first-order valence-electron chi connectivity index (χ1n) is 7.50. The minimum absolute atomic E-state index is 0.0921. The number of benzene rings is 1. The molecule has 5 nitrogen and oxygen atoms in total. The molecule has 1 heterocycles. The molecular formula is C16H24N2O3. The van der Waals surface area contributed by atoms with Crippen LogP contribution in [-0.4, -0.2) is 41.8 Å². The van der Waals surface area contributed by atoms with Crippen molar-refractivity contribution in [1.82, 2.24) is 4.90 Å². The van der Waals surface area contributed by atoms with Crippen molar-refractivity contribution in [2.24, 2.45) is 0 Å². The maximum Gasteiger partial charge on any atom is 0.322 e. The van der Waals surface area contributed by atoms with Crippen LogP contribution >= 0.6 is 0 Å². The summed E-state index contributed by atoms with van der Waals surface area (Å²) in [5, 5.41) is 12.5. The number of nitrogens with zero attached hydrogens (tertiary/aromatic N) is 1. The lowest BCUT2D eigenvalue weighted by Gasteiger charge is -2.36. The van der Waals surface area contributed by atoms with Gasteiger partial charge in [-0.3, -0.25) is 0 Å². The van der Waals surface area contributed by atoms with Gasteiger partial charge in [0, 0.05) is 18.3 Å². The first-order valence-corrected chi connectivity index (χ1v) is 7.50. The van der Waals surface area contributed by atoms with E-state index in [1.54, 1.807) is 14.0 Å². The van der Waals surface area contributed by atoms with E-state index in [4.69, 9.17) is 4.74 Å². The van der Waals surface area contributed by atoms with Crippen molar-refractivity contribution >= 4 is 11.7 Å². The number of amides is 2. The van der Waals surface area contributed by atoms with E-state index in [1.165, 1.54) is 0 Å². The maximum absolute atomic E-state index is 12.4. The smallest absolute Gasteiger partial charge is 0.322 e. The normalized spacial score (nSPS) is 20.0. The molecule has 2 unspecified atom stereocenters. The Kier molecular flexibility index (Phi) is 5.44. The first-order chi connectivity index (χ1) is 10.1. The van der Waals surface area contributed by atoms with Gasteiger partial charge in [-0.05, 0) is 56.9 Å². The van der Waals surface area contributed by atoms with E-state index in [0.717, 1.165) is 37.2 Å². The van der Waals surface area contributed by atoms with Crippen LogP contribution in [0, 0.1) is 0 Å². The average Bonchev–Trinajstić information content (AvgIpc) is 2.48. The summed E-state index contributed by atoms with van der Waals surface area (Å²) in [4.78, 5) is 14.3. The lowest BCUT2D eigenvalue weighted by molar-refractivity contribution is 0.108. The third-order valence-corrected chi connectivity index (χ3v) is 3.84. The molecule has 1 aromatic rings. The van der Waals surface area contributed by atoms with Gasteiger partial charge in [-0.15, -0.1) is 0 Å². The number of piperidine rings is 1. The van der Waals surface area contributed by atoms with Gasteiger partial charge in [0.05, 0.1) is 13.2 Å². The molecule has 0 spiro atoms. The standard InChI is InChI=1S/C16H24N2O3/c1-12(19)11-14-5-3-4-10-18(14)16(20)17-13-6-8-15(21-2)9-7-13/h6-9,12,14,19H,3-5,10-11H2,1-2H3,(H,17,20). The van der Waals surface area contributed by atoms with Crippen LogP contribution in [0.4, 0.5) is 10.5 Å². The molecule has 1 aromatic carbocycles. The highest BCUT2D eigenvalue weighted by Crippen LogP contribution is 2.22. The monoisotopic (exact) mass is 292 g/mol. The molecule has 21 heavy (non-hydrogen) atoms. The van der Waals surface area contributed by atoms with Crippen molar-refractivity contribution in [3.05, 3.63) is 24.3 Å². The van der Waals surface area contributed by atoms with Gasteiger partial charge in [0.15, 0.2) is 0 Å². The van der Waals surface area contributed by atoms with Crippen molar-refractivity contribution in [3.63, 3.8) is 0 Å². The summed E-state index contributed by atoms with van der Waals surface area (Å²) in [6.45, 7) is 2.52. The summed E-state index contributed by atoms with van der Waals surface area (Å²) >= 11 is 0. The Labute approximate surface area is 125 Å². The molecule has 1 aliphatic rings. The zero-order valence-corrected chi connectivity index (χ0v) is 12.7. The summed E-state index contributed by atoms with van der Waals surface area (Å²) in [5.74, 6) is 0.762. The lowest BCUT2D eigenvalue weighted by atomic mass is 9.97. The minimum Gasteiger partial charge on any atom is -0.497 e. The Balaban J connectivity index is 1.99. The number of hydrogen-bond acceptors (Lipinski definition) is 3. The maximum atomic E-state index is 12.4. The average molecular weight is 292 g/mol. The third-order valence-electron chi connectivity index (χ3n) is 3.84. The largest absolute Gasteiger partial charge is 0.497 e. The van der Waals surface area contributed by atoms with E-state index in [-0.39, 0.29) is 18.2 Å². The molecule has 5 heteroatoms. The number of carbonyl (C=O) groups excluding carboxylic acids is 1. The second-order valence-electron chi connectivity index (χ2n) is 5.59. The number of anilines is 1. The van der Waals surface area contributed by atoms with E-state index < -0.39 is 0 Å². The molecular weight excluding hydrogens is 268 g/mol. The molecule has 0 aliphatic carbocycles. The van der Waals surface area contributed by atoms with Gasteiger partial charge in [0.1, 0.15) is 5.75 Å². The summed E-state index contributed by atoms with van der Waals surface area (Å²) in [5.41, 5.74) is 0.752. The first kappa shape index (κ1) is 15.6. The molecule has 0 bridgehead atoms. The predicted octanol–water partition coefficient (Wildman–Crippen LogP) is 2.85. The molecule has 0 aromatic heterocycles. The van der Waals surface area contributed by atoms with Crippen molar-refractivity contribution in [1.29, 1.82) is 0 Å². The van der Waals surface area contributed by atoms with Crippen LogP contribution in [0.25, 0.3) is 0 Å². The molecule has 2 amide bonds.